The van der Waals surface area contributed by atoms with Crippen LogP contribution in [0.15, 0.2) is 18.2 Å². The van der Waals surface area contributed by atoms with Gasteiger partial charge in [0, 0.05) is 5.56 Å². The van der Waals surface area contributed by atoms with Crippen LogP contribution in [0.5, 0.6) is 11.5 Å². The Morgan fingerprint density at radius 1 is 1.15 bits per heavy atom. The lowest BCUT2D eigenvalue weighted by Gasteiger charge is -2.19. The minimum atomic E-state index is -0.363. The van der Waals surface area contributed by atoms with Gasteiger partial charge in [-0.15, -0.1) is 0 Å². The Hall–Kier alpha value is -1.71. The average Bonchev–Trinajstić information content (AvgIpc) is 2.46. The fraction of sp³-hybridized carbons (Fsp3) is 0.562. The van der Waals surface area contributed by atoms with E-state index in [-0.39, 0.29) is 11.8 Å². The summed E-state index contributed by atoms with van der Waals surface area (Å²) in [6.07, 6.45) is 5.15. The Balaban J connectivity index is 2.98. The molecule has 0 radical (unpaired) electrons. The van der Waals surface area contributed by atoms with Crippen molar-refractivity contribution >= 4 is 5.91 Å². The summed E-state index contributed by atoms with van der Waals surface area (Å²) >= 11 is 0. The van der Waals surface area contributed by atoms with Gasteiger partial charge in [0.15, 0.2) is 0 Å². The van der Waals surface area contributed by atoms with Gasteiger partial charge in [0.2, 0.25) is 5.91 Å². The molecule has 0 spiro atoms. The van der Waals surface area contributed by atoms with Crippen LogP contribution in [0.3, 0.4) is 0 Å². The molecule has 0 saturated heterocycles. The number of rotatable bonds is 9. The first-order chi connectivity index (χ1) is 9.65. The highest BCUT2D eigenvalue weighted by atomic mass is 16.5. The van der Waals surface area contributed by atoms with Crippen molar-refractivity contribution in [2.45, 2.75) is 44.9 Å². The molecule has 112 valence electrons. The lowest BCUT2D eigenvalue weighted by molar-refractivity contribution is -0.119. The summed E-state index contributed by atoms with van der Waals surface area (Å²) in [5, 5.41) is 0. The summed E-state index contributed by atoms with van der Waals surface area (Å²) in [6, 6.07) is 5.51. The van der Waals surface area contributed by atoms with Crippen LogP contribution in [0.25, 0.3) is 0 Å². The van der Waals surface area contributed by atoms with Gasteiger partial charge in [0.05, 0.1) is 20.1 Å². The monoisotopic (exact) mass is 279 g/mol. The zero-order valence-electron chi connectivity index (χ0n) is 12.6. The Bertz CT molecular complexity index is 409. The number of unbranched alkanes of at least 4 members (excludes halogenated alkanes) is 3. The quantitative estimate of drug-likeness (QED) is 0.706. The van der Waals surface area contributed by atoms with Gasteiger partial charge < -0.3 is 15.2 Å². The van der Waals surface area contributed by atoms with E-state index in [9.17, 15) is 4.79 Å². The number of hydrogen-bond donors (Lipinski definition) is 1. The van der Waals surface area contributed by atoms with E-state index >= 15 is 0 Å². The third-order valence-electron chi connectivity index (χ3n) is 3.50. The van der Waals surface area contributed by atoms with Crippen LogP contribution in [0.2, 0.25) is 0 Å². The Kier molecular flexibility index (Phi) is 6.91. The molecule has 0 heterocycles. The van der Waals surface area contributed by atoms with E-state index in [2.05, 4.69) is 6.92 Å². The molecule has 0 saturated carbocycles. The minimum absolute atomic E-state index is 0.329. The zero-order valence-corrected chi connectivity index (χ0v) is 12.6. The molecule has 0 aliphatic rings. The highest BCUT2D eigenvalue weighted by Gasteiger charge is 2.25. The zero-order chi connectivity index (χ0) is 15.0. The molecule has 4 heteroatoms. The SMILES string of the molecule is CCCCCCC(C(N)=O)c1c(OC)cccc1OC. The molecule has 0 aliphatic heterocycles. The standard InChI is InChI=1S/C16H25NO3/c1-4-5-6-7-9-12(16(17)18)15-13(19-2)10-8-11-14(15)20-3/h8,10-12H,4-7,9H2,1-3H3,(H2,17,18). The van der Waals surface area contributed by atoms with Gasteiger partial charge in [0.1, 0.15) is 11.5 Å². The first kappa shape index (κ1) is 16.3. The first-order valence-electron chi connectivity index (χ1n) is 7.15. The second-order valence-corrected chi connectivity index (χ2v) is 4.88. The largest absolute Gasteiger partial charge is 0.496 e. The van der Waals surface area contributed by atoms with Crippen LogP contribution in [0, 0.1) is 0 Å². The maximum absolute atomic E-state index is 11.8. The number of methoxy groups -OCH3 is 2. The van der Waals surface area contributed by atoms with Crippen LogP contribution < -0.4 is 15.2 Å². The minimum Gasteiger partial charge on any atom is -0.496 e. The van der Waals surface area contributed by atoms with Crippen LogP contribution in [-0.2, 0) is 4.79 Å². The second-order valence-electron chi connectivity index (χ2n) is 4.88. The van der Waals surface area contributed by atoms with E-state index in [1.54, 1.807) is 14.2 Å². The summed E-state index contributed by atoms with van der Waals surface area (Å²) in [6.45, 7) is 2.16. The molecular formula is C16H25NO3. The van der Waals surface area contributed by atoms with Crippen molar-refractivity contribution in [3.05, 3.63) is 23.8 Å². The van der Waals surface area contributed by atoms with Gasteiger partial charge in [-0.1, -0.05) is 38.7 Å². The molecule has 0 bridgehead atoms. The Morgan fingerprint density at radius 3 is 2.20 bits per heavy atom. The number of nitrogens with two attached hydrogens (primary N) is 1. The topological polar surface area (TPSA) is 61.6 Å². The molecule has 1 amide bonds. The fourth-order valence-electron chi connectivity index (χ4n) is 2.43. The van der Waals surface area contributed by atoms with Crippen LogP contribution in [-0.4, -0.2) is 20.1 Å². The Labute approximate surface area is 121 Å². The van der Waals surface area contributed by atoms with E-state index < -0.39 is 0 Å². The third-order valence-corrected chi connectivity index (χ3v) is 3.50. The van der Waals surface area contributed by atoms with Crippen molar-refractivity contribution in [3.8, 4) is 11.5 Å². The van der Waals surface area contributed by atoms with E-state index in [0.29, 0.717) is 11.5 Å². The maximum Gasteiger partial charge on any atom is 0.225 e. The van der Waals surface area contributed by atoms with E-state index in [1.165, 1.54) is 12.8 Å². The van der Waals surface area contributed by atoms with Crippen molar-refractivity contribution < 1.29 is 14.3 Å². The van der Waals surface area contributed by atoms with Crippen LogP contribution >= 0.6 is 0 Å². The lowest BCUT2D eigenvalue weighted by atomic mass is 9.91. The molecule has 1 unspecified atom stereocenters. The number of primary amides is 1. The van der Waals surface area contributed by atoms with Crippen molar-refractivity contribution in [1.29, 1.82) is 0 Å². The molecule has 4 nitrogen and oxygen atoms in total. The molecule has 0 aliphatic carbocycles. The molecule has 0 fully saturated rings. The fourth-order valence-corrected chi connectivity index (χ4v) is 2.43. The summed E-state index contributed by atoms with van der Waals surface area (Å²) in [5.74, 6) is 0.620. The first-order valence-corrected chi connectivity index (χ1v) is 7.15. The number of hydrogen-bond acceptors (Lipinski definition) is 3. The van der Waals surface area contributed by atoms with Crippen molar-refractivity contribution in [1.82, 2.24) is 0 Å². The van der Waals surface area contributed by atoms with Crippen LogP contribution in [0.4, 0.5) is 0 Å². The normalized spacial score (nSPS) is 11.9. The third kappa shape index (κ3) is 4.15. The number of benzene rings is 1. The number of ether oxygens (including phenoxy) is 2. The van der Waals surface area contributed by atoms with E-state index in [1.807, 2.05) is 18.2 Å². The highest BCUT2D eigenvalue weighted by Crippen LogP contribution is 2.37. The highest BCUT2D eigenvalue weighted by molar-refractivity contribution is 5.83. The molecule has 20 heavy (non-hydrogen) atoms. The van der Waals surface area contributed by atoms with Gasteiger partial charge in [-0.2, -0.15) is 0 Å². The Morgan fingerprint density at radius 2 is 1.75 bits per heavy atom. The van der Waals surface area contributed by atoms with E-state index in [4.69, 9.17) is 15.2 Å². The summed E-state index contributed by atoms with van der Waals surface area (Å²) < 4.78 is 10.7. The van der Waals surface area contributed by atoms with Crippen molar-refractivity contribution in [2.75, 3.05) is 14.2 Å². The number of carbonyl (C=O) groups is 1. The molecule has 2 N–H and O–H groups in total. The van der Waals surface area contributed by atoms with E-state index in [0.717, 1.165) is 24.8 Å². The average molecular weight is 279 g/mol. The van der Waals surface area contributed by atoms with Gasteiger partial charge in [-0.3, -0.25) is 4.79 Å². The van der Waals surface area contributed by atoms with Gasteiger partial charge in [-0.25, -0.2) is 0 Å². The molecular weight excluding hydrogens is 254 g/mol. The maximum atomic E-state index is 11.8. The second kappa shape index (κ2) is 8.46. The molecule has 1 rings (SSSR count). The predicted molar refractivity (Wildman–Crippen MR) is 80.2 cm³/mol. The van der Waals surface area contributed by atoms with Crippen molar-refractivity contribution in [3.63, 3.8) is 0 Å². The summed E-state index contributed by atoms with van der Waals surface area (Å²) in [4.78, 5) is 11.8. The van der Waals surface area contributed by atoms with Crippen LogP contribution in [0.1, 0.15) is 50.5 Å². The molecule has 1 aromatic rings. The summed E-state index contributed by atoms with van der Waals surface area (Å²) in [5.41, 5.74) is 6.35. The van der Waals surface area contributed by atoms with Gasteiger partial charge in [-0.05, 0) is 18.6 Å². The number of carbonyl (C=O) groups excluding carboxylic acids is 1. The lowest BCUT2D eigenvalue weighted by Crippen LogP contribution is -2.22. The smallest absolute Gasteiger partial charge is 0.225 e. The molecule has 1 aromatic carbocycles. The predicted octanol–water partition coefficient (Wildman–Crippen LogP) is 3.24. The number of amides is 1. The molecule has 1 atom stereocenters. The summed E-state index contributed by atoms with van der Waals surface area (Å²) in [7, 11) is 3.18. The molecule has 0 aromatic heterocycles. The van der Waals surface area contributed by atoms with Gasteiger partial charge >= 0.3 is 0 Å². The van der Waals surface area contributed by atoms with Gasteiger partial charge in [0.25, 0.3) is 0 Å². The van der Waals surface area contributed by atoms with Crippen molar-refractivity contribution in [2.24, 2.45) is 5.73 Å².